The summed E-state index contributed by atoms with van der Waals surface area (Å²) in [4.78, 5) is 13.8. The molecule has 0 saturated carbocycles. The molecule has 0 spiro atoms. The smallest absolute Gasteiger partial charge is 0.241 e. The van der Waals surface area contributed by atoms with Gasteiger partial charge in [0.25, 0.3) is 0 Å². The number of H-pyrrole nitrogens is 1. The first kappa shape index (κ1) is 10.3. The number of aromatic nitrogens is 1. The molecule has 1 aromatic carbocycles. The number of nitrogens with two attached hydrogens (primary N) is 1. The van der Waals surface area contributed by atoms with Gasteiger partial charge < -0.3 is 15.5 Å². The molecule has 3 N–H and O–H groups in total. The van der Waals surface area contributed by atoms with E-state index in [9.17, 15) is 4.79 Å². The summed E-state index contributed by atoms with van der Waals surface area (Å²) < 4.78 is 5.22. The second-order valence-corrected chi connectivity index (χ2v) is 3.38. The van der Waals surface area contributed by atoms with Crippen molar-refractivity contribution in [1.29, 1.82) is 0 Å². The third-order valence-corrected chi connectivity index (χ3v) is 2.29. The standard InChI is InChI=1S/C12H12N2O2/c1-16-10-4-2-3-8-7-9(14-12(8)10)5-6-11(13)15/h2-7,14H,1H3,(H2,13,15)/b6-5-. The van der Waals surface area contributed by atoms with Crippen LogP contribution in [0.3, 0.4) is 0 Å². The zero-order chi connectivity index (χ0) is 11.5. The van der Waals surface area contributed by atoms with Gasteiger partial charge in [0.1, 0.15) is 5.75 Å². The van der Waals surface area contributed by atoms with E-state index >= 15 is 0 Å². The van der Waals surface area contributed by atoms with Crippen molar-refractivity contribution in [2.75, 3.05) is 7.11 Å². The van der Waals surface area contributed by atoms with Crippen LogP contribution in [0.5, 0.6) is 5.75 Å². The summed E-state index contributed by atoms with van der Waals surface area (Å²) in [5.74, 6) is 0.307. The summed E-state index contributed by atoms with van der Waals surface area (Å²) in [6.45, 7) is 0. The highest BCUT2D eigenvalue weighted by molar-refractivity contribution is 5.92. The molecule has 0 unspecified atom stereocenters. The Bertz CT molecular complexity index is 555. The molecular weight excluding hydrogens is 204 g/mol. The summed E-state index contributed by atoms with van der Waals surface area (Å²) in [5.41, 5.74) is 6.76. The fraction of sp³-hybridized carbons (Fsp3) is 0.0833. The molecular formula is C12H12N2O2. The lowest BCUT2D eigenvalue weighted by molar-refractivity contribution is -0.113. The number of rotatable bonds is 3. The zero-order valence-corrected chi connectivity index (χ0v) is 8.86. The van der Waals surface area contributed by atoms with Gasteiger partial charge in [-0.25, -0.2) is 0 Å². The lowest BCUT2D eigenvalue weighted by Crippen LogP contribution is -2.05. The molecule has 2 rings (SSSR count). The van der Waals surface area contributed by atoms with Crippen LogP contribution in [0.15, 0.2) is 30.3 Å². The lowest BCUT2D eigenvalue weighted by atomic mass is 10.2. The van der Waals surface area contributed by atoms with Crippen LogP contribution in [0.25, 0.3) is 17.0 Å². The molecule has 1 aromatic heterocycles. The van der Waals surface area contributed by atoms with Crippen LogP contribution in [-0.2, 0) is 4.79 Å². The van der Waals surface area contributed by atoms with Gasteiger partial charge >= 0.3 is 0 Å². The van der Waals surface area contributed by atoms with Crippen LogP contribution in [0.1, 0.15) is 5.69 Å². The quantitative estimate of drug-likeness (QED) is 0.766. The second kappa shape index (κ2) is 4.10. The Morgan fingerprint density at radius 2 is 2.31 bits per heavy atom. The highest BCUT2D eigenvalue weighted by Gasteiger charge is 2.03. The first-order valence-electron chi connectivity index (χ1n) is 4.84. The van der Waals surface area contributed by atoms with Gasteiger partial charge in [0.2, 0.25) is 5.91 Å². The van der Waals surface area contributed by atoms with Gasteiger partial charge in [-0.1, -0.05) is 12.1 Å². The zero-order valence-electron chi connectivity index (χ0n) is 8.86. The van der Waals surface area contributed by atoms with Crippen LogP contribution in [0.2, 0.25) is 0 Å². The van der Waals surface area contributed by atoms with Gasteiger partial charge in [0.05, 0.1) is 12.6 Å². The van der Waals surface area contributed by atoms with Crippen LogP contribution in [0, 0.1) is 0 Å². The van der Waals surface area contributed by atoms with E-state index in [1.165, 1.54) is 6.08 Å². The molecule has 0 aliphatic carbocycles. The van der Waals surface area contributed by atoms with Crippen molar-refractivity contribution in [3.63, 3.8) is 0 Å². The maximum absolute atomic E-state index is 10.6. The Hall–Kier alpha value is -2.23. The maximum atomic E-state index is 10.6. The number of hydrogen-bond acceptors (Lipinski definition) is 2. The van der Waals surface area contributed by atoms with Crippen molar-refractivity contribution in [3.8, 4) is 5.75 Å². The lowest BCUT2D eigenvalue weighted by Gasteiger charge is -1.99. The Morgan fingerprint density at radius 3 is 3.00 bits per heavy atom. The molecule has 0 fully saturated rings. The molecule has 4 heteroatoms. The molecule has 1 amide bonds. The fourth-order valence-corrected chi connectivity index (χ4v) is 1.58. The maximum Gasteiger partial charge on any atom is 0.241 e. The van der Waals surface area contributed by atoms with Gasteiger partial charge in [-0.05, 0) is 18.2 Å². The summed E-state index contributed by atoms with van der Waals surface area (Å²) in [5, 5.41) is 1.03. The average molecular weight is 216 g/mol. The van der Waals surface area contributed by atoms with E-state index in [1.54, 1.807) is 13.2 Å². The van der Waals surface area contributed by atoms with Gasteiger partial charge in [0.15, 0.2) is 0 Å². The van der Waals surface area contributed by atoms with Gasteiger partial charge in [0, 0.05) is 17.2 Å². The van der Waals surface area contributed by atoms with Gasteiger partial charge in [-0.2, -0.15) is 0 Å². The molecule has 0 radical (unpaired) electrons. The average Bonchev–Trinajstić information content (AvgIpc) is 2.68. The van der Waals surface area contributed by atoms with E-state index in [1.807, 2.05) is 24.3 Å². The van der Waals surface area contributed by atoms with Crippen molar-refractivity contribution in [2.24, 2.45) is 5.73 Å². The van der Waals surface area contributed by atoms with Crippen LogP contribution < -0.4 is 10.5 Å². The minimum atomic E-state index is -0.467. The Balaban J connectivity index is 2.47. The molecule has 0 saturated heterocycles. The highest BCUT2D eigenvalue weighted by Crippen LogP contribution is 2.25. The van der Waals surface area contributed by atoms with E-state index in [0.717, 1.165) is 22.3 Å². The van der Waals surface area contributed by atoms with Crippen LogP contribution >= 0.6 is 0 Å². The summed E-state index contributed by atoms with van der Waals surface area (Å²) in [6.07, 6.45) is 2.96. The Kier molecular flexibility index (Phi) is 2.64. The molecule has 16 heavy (non-hydrogen) atoms. The molecule has 0 atom stereocenters. The van der Waals surface area contributed by atoms with Gasteiger partial charge in [-0.15, -0.1) is 0 Å². The first-order valence-corrected chi connectivity index (χ1v) is 4.84. The summed E-state index contributed by atoms with van der Waals surface area (Å²) in [6, 6.07) is 7.68. The second-order valence-electron chi connectivity index (χ2n) is 3.38. The normalized spacial score (nSPS) is 11.1. The molecule has 0 aliphatic rings. The van der Waals surface area contributed by atoms with Crippen LogP contribution in [-0.4, -0.2) is 18.0 Å². The van der Waals surface area contributed by atoms with E-state index < -0.39 is 5.91 Å². The Labute approximate surface area is 92.7 Å². The summed E-state index contributed by atoms with van der Waals surface area (Å²) in [7, 11) is 1.62. The molecule has 0 aliphatic heterocycles. The number of carbonyl (C=O) groups is 1. The number of benzene rings is 1. The molecule has 0 bridgehead atoms. The number of amides is 1. The third kappa shape index (κ3) is 1.91. The molecule has 4 nitrogen and oxygen atoms in total. The number of para-hydroxylation sites is 1. The van der Waals surface area contributed by atoms with E-state index in [-0.39, 0.29) is 0 Å². The monoisotopic (exact) mass is 216 g/mol. The van der Waals surface area contributed by atoms with Crippen molar-refractivity contribution >= 4 is 22.9 Å². The van der Waals surface area contributed by atoms with Crippen molar-refractivity contribution < 1.29 is 9.53 Å². The van der Waals surface area contributed by atoms with E-state index in [2.05, 4.69) is 4.98 Å². The van der Waals surface area contributed by atoms with Gasteiger partial charge in [-0.3, -0.25) is 4.79 Å². The van der Waals surface area contributed by atoms with Crippen molar-refractivity contribution in [2.45, 2.75) is 0 Å². The number of fused-ring (bicyclic) bond motifs is 1. The minimum absolute atomic E-state index is 0.467. The fourth-order valence-electron chi connectivity index (χ4n) is 1.58. The number of carbonyl (C=O) groups excluding carboxylic acids is 1. The van der Waals surface area contributed by atoms with Crippen molar-refractivity contribution in [1.82, 2.24) is 4.98 Å². The number of aromatic amines is 1. The number of methoxy groups -OCH3 is 1. The SMILES string of the molecule is COc1cccc2cc(/C=C\C(N)=O)[nH]c12. The van der Waals surface area contributed by atoms with Crippen LogP contribution in [0.4, 0.5) is 0 Å². The molecule has 2 aromatic rings. The highest BCUT2D eigenvalue weighted by atomic mass is 16.5. The first-order chi connectivity index (χ1) is 7.70. The minimum Gasteiger partial charge on any atom is -0.495 e. The third-order valence-electron chi connectivity index (χ3n) is 2.29. The molecule has 1 heterocycles. The summed E-state index contributed by atoms with van der Waals surface area (Å²) >= 11 is 0. The molecule has 82 valence electrons. The van der Waals surface area contributed by atoms with E-state index in [4.69, 9.17) is 10.5 Å². The number of nitrogens with one attached hydrogen (secondary N) is 1. The predicted molar refractivity (Wildman–Crippen MR) is 63.1 cm³/mol. The largest absolute Gasteiger partial charge is 0.495 e. The number of ether oxygens (including phenoxy) is 1. The Morgan fingerprint density at radius 1 is 1.50 bits per heavy atom. The van der Waals surface area contributed by atoms with Crippen molar-refractivity contribution in [3.05, 3.63) is 36.0 Å². The van der Waals surface area contributed by atoms with E-state index in [0.29, 0.717) is 0 Å². The topological polar surface area (TPSA) is 68.1 Å². The predicted octanol–water partition coefficient (Wildman–Crippen LogP) is 1.67. The number of hydrogen-bond donors (Lipinski definition) is 2. The number of primary amides is 1.